The average Bonchev–Trinajstić information content (AvgIpc) is 3.02. The van der Waals surface area contributed by atoms with Crippen LogP contribution >= 0.6 is 22.9 Å². The lowest BCUT2D eigenvalue weighted by Crippen LogP contribution is -2.11. The fraction of sp³-hybridized carbons (Fsp3) is 0. The maximum Gasteiger partial charge on any atom is 0.256 e. The number of anilines is 1. The van der Waals surface area contributed by atoms with Crippen molar-refractivity contribution < 1.29 is 4.79 Å². The smallest absolute Gasteiger partial charge is 0.256 e. The minimum absolute atomic E-state index is 0.171. The Bertz CT molecular complexity index is 757. The lowest BCUT2D eigenvalue weighted by Gasteiger charge is -2.04. The summed E-state index contributed by atoms with van der Waals surface area (Å²) >= 11 is 7.42. The van der Waals surface area contributed by atoms with Crippen LogP contribution in [0.4, 0.5) is 5.69 Å². The van der Waals surface area contributed by atoms with Crippen molar-refractivity contribution in [3.63, 3.8) is 0 Å². The molecule has 0 saturated heterocycles. The molecule has 0 saturated carbocycles. The van der Waals surface area contributed by atoms with E-state index in [0.717, 1.165) is 5.56 Å². The maximum atomic E-state index is 11.9. The van der Waals surface area contributed by atoms with Crippen LogP contribution in [0.3, 0.4) is 0 Å². The van der Waals surface area contributed by atoms with Crippen molar-refractivity contribution >= 4 is 34.5 Å². The lowest BCUT2D eigenvalue weighted by molar-refractivity contribution is 0.102. The van der Waals surface area contributed by atoms with Crippen molar-refractivity contribution in [3.8, 4) is 11.4 Å². The second-order valence-corrected chi connectivity index (χ2v) is 5.49. The van der Waals surface area contributed by atoms with Gasteiger partial charge in [-0.15, -0.1) is 0 Å². The number of benzene rings is 1. The van der Waals surface area contributed by atoms with Gasteiger partial charge in [0, 0.05) is 16.0 Å². The summed E-state index contributed by atoms with van der Waals surface area (Å²) in [4.78, 5) is 20.4. The van der Waals surface area contributed by atoms with E-state index in [1.165, 1.54) is 11.3 Å². The number of carbonyl (C=O) groups is 1. The summed E-state index contributed by atoms with van der Waals surface area (Å²) in [6, 6.07) is 9.07. The molecular formula is C15H10ClN3OS. The first-order valence-electron chi connectivity index (χ1n) is 6.14. The minimum Gasteiger partial charge on any atom is -0.319 e. The Morgan fingerprint density at radius 2 is 2.00 bits per heavy atom. The molecule has 104 valence electrons. The summed E-state index contributed by atoms with van der Waals surface area (Å²) < 4.78 is 0. The van der Waals surface area contributed by atoms with Crippen LogP contribution < -0.4 is 5.32 Å². The largest absolute Gasteiger partial charge is 0.319 e. The molecule has 1 amide bonds. The summed E-state index contributed by atoms with van der Waals surface area (Å²) in [7, 11) is 0. The number of thiophene rings is 1. The normalized spacial score (nSPS) is 10.3. The number of nitrogens with one attached hydrogen (secondary N) is 1. The van der Waals surface area contributed by atoms with E-state index in [0.29, 0.717) is 22.1 Å². The number of halogens is 1. The molecule has 1 N–H and O–H groups in total. The molecule has 3 aromatic rings. The van der Waals surface area contributed by atoms with Crippen LogP contribution in [-0.2, 0) is 0 Å². The van der Waals surface area contributed by atoms with Crippen molar-refractivity contribution in [1.29, 1.82) is 0 Å². The Morgan fingerprint density at radius 3 is 2.67 bits per heavy atom. The second-order valence-electron chi connectivity index (χ2n) is 4.27. The van der Waals surface area contributed by atoms with Crippen molar-refractivity contribution in [2.24, 2.45) is 0 Å². The zero-order valence-corrected chi connectivity index (χ0v) is 12.4. The lowest BCUT2D eigenvalue weighted by atomic mass is 10.2. The predicted octanol–water partition coefficient (Wildman–Crippen LogP) is 4.11. The maximum absolute atomic E-state index is 11.9. The molecule has 0 aliphatic carbocycles. The Labute approximate surface area is 130 Å². The van der Waals surface area contributed by atoms with Gasteiger partial charge < -0.3 is 5.32 Å². The van der Waals surface area contributed by atoms with E-state index in [1.54, 1.807) is 36.0 Å². The number of hydrogen-bond acceptors (Lipinski definition) is 4. The molecule has 3 rings (SSSR count). The van der Waals surface area contributed by atoms with Crippen molar-refractivity contribution in [2.45, 2.75) is 0 Å². The fourth-order valence-corrected chi connectivity index (χ4v) is 2.59. The average molecular weight is 316 g/mol. The number of aromatic nitrogens is 2. The molecule has 0 spiro atoms. The van der Waals surface area contributed by atoms with Gasteiger partial charge in [-0.1, -0.05) is 23.7 Å². The Hall–Kier alpha value is -2.24. The molecule has 2 aromatic heterocycles. The van der Waals surface area contributed by atoms with E-state index < -0.39 is 0 Å². The van der Waals surface area contributed by atoms with E-state index in [9.17, 15) is 4.79 Å². The highest BCUT2D eigenvalue weighted by Gasteiger charge is 2.07. The van der Waals surface area contributed by atoms with Crippen LogP contribution in [0.25, 0.3) is 11.4 Å². The fourth-order valence-electron chi connectivity index (χ4n) is 1.77. The van der Waals surface area contributed by atoms with Crippen molar-refractivity contribution in [3.05, 3.63) is 64.1 Å². The number of hydrogen-bond donors (Lipinski definition) is 1. The van der Waals surface area contributed by atoms with Crippen LogP contribution in [0, 0.1) is 0 Å². The SMILES string of the molecule is O=C(Nc1cnc(-c2cccc(Cl)c2)nc1)c1ccsc1. The van der Waals surface area contributed by atoms with E-state index >= 15 is 0 Å². The van der Waals surface area contributed by atoms with Crippen molar-refractivity contribution in [2.75, 3.05) is 5.32 Å². The molecule has 0 bridgehead atoms. The third-order valence-electron chi connectivity index (χ3n) is 2.78. The van der Waals surface area contributed by atoms with Gasteiger partial charge in [-0.3, -0.25) is 4.79 Å². The molecule has 2 heterocycles. The molecule has 0 aliphatic heterocycles. The van der Waals surface area contributed by atoms with E-state index in [4.69, 9.17) is 11.6 Å². The van der Waals surface area contributed by atoms with Gasteiger partial charge >= 0.3 is 0 Å². The van der Waals surface area contributed by atoms with Crippen molar-refractivity contribution in [1.82, 2.24) is 9.97 Å². The molecule has 0 atom stereocenters. The van der Waals surface area contributed by atoms with E-state index in [1.807, 2.05) is 17.5 Å². The molecule has 0 radical (unpaired) electrons. The Kier molecular flexibility index (Phi) is 3.94. The van der Waals surface area contributed by atoms with Gasteiger partial charge in [0.05, 0.1) is 23.6 Å². The third kappa shape index (κ3) is 3.26. The molecule has 21 heavy (non-hydrogen) atoms. The van der Waals surface area contributed by atoms with Crippen LogP contribution in [-0.4, -0.2) is 15.9 Å². The highest BCUT2D eigenvalue weighted by molar-refractivity contribution is 7.08. The summed E-state index contributed by atoms with van der Waals surface area (Å²) in [6.07, 6.45) is 3.15. The van der Waals surface area contributed by atoms with Gasteiger partial charge in [0.2, 0.25) is 0 Å². The van der Waals surface area contributed by atoms with Gasteiger partial charge in [-0.05, 0) is 23.6 Å². The number of carbonyl (C=O) groups excluding carboxylic acids is 1. The standard InChI is InChI=1S/C15H10ClN3OS/c16-12-3-1-2-10(6-12)14-17-7-13(8-18-14)19-15(20)11-4-5-21-9-11/h1-9H,(H,19,20). The van der Waals surface area contributed by atoms with E-state index in [2.05, 4.69) is 15.3 Å². The summed E-state index contributed by atoms with van der Waals surface area (Å²) in [5.74, 6) is 0.390. The highest BCUT2D eigenvalue weighted by Crippen LogP contribution is 2.20. The van der Waals surface area contributed by atoms with Crippen LogP contribution in [0.1, 0.15) is 10.4 Å². The summed E-state index contributed by atoms with van der Waals surface area (Å²) in [5.41, 5.74) is 2.01. The Balaban J connectivity index is 1.77. The van der Waals surface area contributed by atoms with Gasteiger partial charge in [-0.25, -0.2) is 9.97 Å². The van der Waals surface area contributed by atoms with Crippen LogP contribution in [0.2, 0.25) is 5.02 Å². The first-order chi connectivity index (χ1) is 10.2. The third-order valence-corrected chi connectivity index (χ3v) is 3.69. The Morgan fingerprint density at radius 1 is 1.19 bits per heavy atom. The number of nitrogens with zero attached hydrogens (tertiary/aromatic N) is 2. The zero-order valence-electron chi connectivity index (χ0n) is 10.8. The molecule has 1 aromatic carbocycles. The molecule has 0 fully saturated rings. The predicted molar refractivity (Wildman–Crippen MR) is 84.8 cm³/mol. The second kappa shape index (κ2) is 6.03. The number of rotatable bonds is 3. The molecule has 6 heteroatoms. The summed E-state index contributed by atoms with van der Waals surface area (Å²) in [6.45, 7) is 0. The topological polar surface area (TPSA) is 54.9 Å². The zero-order chi connectivity index (χ0) is 14.7. The van der Waals surface area contributed by atoms with E-state index in [-0.39, 0.29) is 5.91 Å². The summed E-state index contributed by atoms with van der Waals surface area (Å²) in [5, 5.41) is 7.02. The molecule has 0 unspecified atom stereocenters. The molecule has 0 aliphatic rings. The van der Waals surface area contributed by atoms with Crippen LogP contribution in [0.5, 0.6) is 0 Å². The van der Waals surface area contributed by atoms with Gasteiger partial charge in [0.1, 0.15) is 0 Å². The minimum atomic E-state index is -0.171. The first kappa shape index (κ1) is 13.7. The number of amides is 1. The quantitative estimate of drug-likeness (QED) is 0.791. The van der Waals surface area contributed by atoms with Gasteiger partial charge in [-0.2, -0.15) is 11.3 Å². The first-order valence-corrected chi connectivity index (χ1v) is 7.46. The molecule has 4 nitrogen and oxygen atoms in total. The molecular weight excluding hydrogens is 306 g/mol. The monoisotopic (exact) mass is 315 g/mol. The highest BCUT2D eigenvalue weighted by atomic mass is 35.5. The van der Waals surface area contributed by atoms with Gasteiger partial charge in [0.25, 0.3) is 5.91 Å². The van der Waals surface area contributed by atoms with Crippen LogP contribution in [0.15, 0.2) is 53.5 Å². The van der Waals surface area contributed by atoms with Gasteiger partial charge in [0.15, 0.2) is 5.82 Å².